The van der Waals surface area contributed by atoms with Gasteiger partial charge in [0.25, 0.3) is 5.91 Å². The number of nitrogens with one attached hydrogen (secondary N) is 1. The van der Waals surface area contributed by atoms with Crippen molar-refractivity contribution >= 4 is 40.6 Å². The number of carbonyl (C=O) groups excluding carboxylic acids is 1. The molecule has 7 heteroatoms. The molecule has 0 saturated heterocycles. The van der Waals surface area contributed by atoms with E-state index in [1.165, 1.54) is 11.5 Å². The Hall–Kier alpha value is -1.17. The normalized spacial score (nSPS) is 20.7. The lowest BCUT2D eigenvalue weighted by Crippen LogP contribution is -2.26. The number of hydrogen-bond acceptors (Lipinski definition) is 4. The Morgan fingerprint density at radius 3 is 3.00 bits per heavy atom. The first-order valence-electron chi connectivity index (χ1n) is 6.15. The number of carbonyl (C=O) groups is 1. The van der Waals surface area contributed by atoms with Crippen LogP contribution in [0.4, 0.5) is 0 Å². The molecule has 1 aliphatic carbocycles. The largest absolute Gasteiger partial charge is 0.350 e. The third-order valence-electron chi connectivity index (χ3n) is 3.40. The maximum Gasteiger partial charge on any atom is 0.272 e. The molecule has 1 aliphatic rings. The van der Waals surface area contributed by atoms with Crippen molar-refractivity contribution in [2.45, 2.75) is 12.3 Å². The molecule has 1 saturated carbocycles. The third-order valence-corrected chi connectivity index (χ3v) is 4.47. The van der Waals surface area contributed by atoms with Gasteiger partial charge in [0.05, 0.1) is 0 Å². The van der Waals surface area contributed by atoms with Crippen molar-refractivity contribution in [2.75, 3.05) is 6.54 Å². The molecular weight excluding hydrogens is 317 g/mol. The highest BCUT2D eigenvalue weighted by atomic mass is 35.5. The van der Waals surface area contributed by atoms with E-state index in [0.717, 1.165) is 12.0 Å². The van der Waals surface area contributed by atoms with Crippen LogP contribution in [0.5, 0.6) is 0 Å². The van der Waals surface area contributed by atoms with Crippen molar-refractivity contribution in [2.24, 2.45) is 5.92 Å². The molecule has 2 atom stereocenters. The maximum absolute atomic E-state index is 11.7. The zero-order valence-electron chi connectivity index (χ0n) is 10.3. The van der Waals surface area contributed by atoms with Crippen LogP contribution in [0.15, 0.2) is 23.6 Å². The molecule has 1 aromatic carbocycles. The summed E-state index contributed by atoms with van der Waals surface area (Å²) in [6, 6.07) is 5.56. The van der Waals surface area contributed by atoms with Crippen molar-refractivity contribution in [3.05, 3.63) is 44.9 Å². The van der Waals surface area contributed by atoms with Gasteiger partial charge in [-0.2, -0.15) is 0 Å². The van der Waals surface area contributed by atoms with E-state index in [4.69, 9.17) is 23.2 Å². The fraction of sp³-hybridized carbons (Fsp3) is 0.308. The van der Waals surface area contributed by atoms with Crippen LogP contribution in [0.2, 0.25) is 10.0 Å². The number of aromatic nitrogens is 2. The van der Waals surface area contributed by atoms with E-state index in [-0.39, 0.29) is 5.91 Å². The Labute approximate surface area is 130 Å². The summed E-state index contributed by atoms with van der Waals surface area (Å²) in [6.07, 6.45) is 1.02. The van der Waals surface area contributed by atoms with Gasteiger partial charge in [-0.3, -0.25) is 4.79 Å². The van der Waals surface area contributed by atoms with Gasteiger partial charge >= 0.3 is 0 Å². The van der Waals surface area contributed by atoms with Crippen LogP contribution in [0.1, 0.15) is 28.4 Å². The molecule has 4 nitrogen and oxygen atoms in total. The zero-order valence-corrected chi connectivity index (χ0v) is 12.7. The Balaban J connectivity index is 1.56. The van der Waals surface area contributed by atoms with Crippen LogP contribution in [-0.4, -0.2) is 22.0 Å². The van der Waals surface area contributed by atoms with Crippen LogP contribution in [0, 0.1) is 5.92 Å². The van der Waals surface area contributed by atoms with E-state index < -0.39 is 0 Å². The quantitative estimate of drug-likeness (QED) is 0.936. The molecule has 20 heavy (non-hydrogen) atoms. The maximum atomic E-state index is 11.7. The van der Waals surface area contributed by atoms with Crippen molar-refractivity contribution in [3.63, 3.8) is 0 Å². The second kappa shape index (κ2) is 5.68. The monoisotopic (exact) mass is 327 g/mol. The fourth-order valence-electron chi connectivity index (χ4n) is 2.23. The van der Waals surface area contributed by atoms with Gasteiger partial charge in [-0.1, -0.05) is 33.8 Å². The summed E-state index contributed by atoms with van der Waals surface area (Å²) in [4.78, 5) is 11.7. The van der Waals surface area contributed by atoms with Gasteiger partial charge in [0.15, 0.2) is 5.69 Å². The van der Waals surface area contributed by atoms with Crippen LogP contribution in [-0.2, 0) is 0 Å². The van der Waals surface area contributed by atoms with Crippen LogP contribution in [0.25, 0.3) is 0 Å². The molecule has 3 rings (SSSR count). The highest BCUT2D eigenvalue weighted by Crippen LogP contribution is 2.49. The number of benzene rings is 1. The average Bonchev–Trinajstić information content (AvgIpc) is 2.97. The minimum absolute atomic E-state index is 0.174. The molecule has 104 valence electrons. The summed E-state index contributed by atoms with van der Waals surface area (Å²) in [5.41, 5.74) is 1.47. The Bertz CT molecular complexity index is 633. The minimum Gasteiger partial charge on any atom is -0.350 e. The van der Waals surface area contributed by atoms with Gasteiger partial charge in [0.2, 0.25) is 0 Å². The lowest BCUT2D eigenvalue weighted by Gasteiger charge is -2.05. The van der Waals surface area contributed by atoms with Crippen molar-refractivity contribution < 1.29 is 4.79 Å². The highest BCUT2D eigenvalue weighted by Gasteiger charge is 2.39. The van der Waals surface area contributed by atoms with Crippen LogP contribution >= 0.6 is 34.7 Å². The molecule has 1 fully saturated rings. The molecule has 2 aromatic rings. The molecule has 0 aliphatic heterocycles. The second-order valence-electron chi connectivity index (χ2n) is 4.77. The Morgan fingerprint density at radius 1 is 1.45 bits per heavy atom. The van der Waals surface area contributed by atoms with E-state index in [9.17, 15) is 4.79 Å². The lowest BCUT2D eigenvalue weighted by atomic mass is 10.1. The predicted octanol–water partition coefficient (Wildman–Crippen LogP) is 3.38. The van der Waals surface area contributed by atoms with E-state index >= 15 is 0 Å². The van der Waals surface area contributed by atoms with Gasteiger partial charge in [-0.05, 0) is 47.5 Å². The lowest BCUT2D eigenvalue weighted by molar-refractivity contribution is 0.0946. The summed E-state index contributed by atoms with van der Waals surface area (Å²) < 4.78 is 3.67. The van der Waals surface area contributed by atoms with Gasteiger partial charge in [0, 0.05) is 22.0 Å². The van der Waals surface area contributed by atoms with E-state index in [2.05, 4.69) is 14.9 Å². The smallest absolute Gasteiger partial charge is 0.272 e. The first-order valence-corrected chi connectivity index (χ1v) is 7.74. The third kappa shape index (κ3) is 2.95. The zero-order chi connectivity index (χ0) is 14.1. The summed E-state index contributed by atoms with van der Waals surface area (Å²) >= 11 is 13.2. The summed E-state index contributed by atoms with van der Waals surface area (Å²) in [6.45, 7) is 0.625. The van der Waals surface area contributed by atoms with Crippen molar-refractivity contribution in [1.29, 1.82) is 0 Å². The molecule has 0 spiro atoms. The van der Waals surface area contributed by atoms with Gasteiger partial charge in [-0.15, -0.1) is 5.10 Å². The molecule has 0 bridgehead atoms. The molecular formula is C13H11Cl2N3OS. The molecule has 0 radical (unpaired) electrons. The van der Waals surface area contributed by atoms with Crippen molar-refractivity contribution in [3.8, 4) is 0 Å². The predicted molar refractivity (Wildman–Crippen MR) is 79.6 cm³/mol. The minimum atomic E-state index is -0.174. The average molecular weight is 328 g/mol. The van der Waals surface area contributed by atoms with E-state index in [1.807, 2.05) is 12.1 Å². The summed E-state index contributed by atoms with van der Waals surface area (Å²) in [5, 5.41) is 9.58. The summed E-state index contributed by atoms with van der Waals surface area (Å²) in [5.74, 6) is 0.643. The number of amides is 1. The molecule has 0 unspecified atom stereocenters. The standard InChI is InChI=1S/C13H11Cl2N3OS/c14-8-1-2-9(11(15)4-8)10-3-7(10)5-16-13(19)12-6-20-18-17-12/h1-2,4,6-7,10H,3,5H2,(H,16,19)/t7-,10+/m0/s1. The highest BCUT2D eigenvalue weighted by molar-refractivity contribution is 7.03. The fourth-order valence-corrected chi connectivity index (χ4v) is 3.22. The molecule has 1 aromatic heterocycles. The molecule has 1 heterocycles. The number of hydrogen-bond donors (Lipinski definition) is 1. The van der Waals surface area contributed by atoms with E-state index in [0.29, 0.717) is 34.1 Å². The van der Waals surface area contributed by atoms with Gasteiger partial charge in [0.1, 0.15) is 0 Å². The number of rotatable bonds is 4. The SMILES string of the molecule is O=C(NC[C@@H]1C[C@H]1c1ccc(Cl)cc1Cl)c1csnn1. The Kier molecular flexibility index (Phi) is 3.92. The van der Waals surface area contributed by atoms with E-state index in [1.54, 1.807) is 11.4 Å². The van der Waals surface area contributed by atoms with Crippen LogP contribution < -0.4 is 5.32 Å². The number of halogens is 2. The Morgan fingerprint density at radius 2 is 2.30 bits per heavy atom. The number of nitrogens with zero attached hydrogens (tertiary/aromatic N) is 2. The van der Waals surface area contributed by atoms with Gasteiger partial charge in [-0.25, -0.2) is 0 Å². The molecule has 1 amide bonds. The first-order chi connectivity index (χ1) is 9.65. The van der Waals surface area contributed by atoms with Crippen molar-refractivity contribution in [1.82, 2.24) is 14.9 Å². The molecule has 1 N–H and O–H groups in total. The topological polar surface area (TPSA) is 54.9 Å². The van der Waals surface area contributed by atoms with Crippen LogP contribution in [0.3, 0.4) is 0 Å². The first kappa shape index (κ1) is 13.8. The summed E-state index contributed by atoms with van der Waals surface area (Å²) in [7, 11) is 0. The van der Waals surface area contributed by atoms with Gasteiger partial charge < -0.3 is 5.32 Å². The second-order valence-corrected chi connectivity index (χ2v) is 6.22.